The van der Waals surface area contributed by atoms with Gasteiger partial charge in [-0.25, -0.2) is 18.3 Å². The summed E-state index contributed by atoms with van der Waals surface area (Å²) in [6.07, 6.45) is 0.376. The Hall–Kier alpha value is -3.71. The first kappa shape index (κ1) is 30.3. The summed E-state index contributed by atoms with van der Waals surface area (Å²) in [6, 6.07) is 14.5. The van der Waals surface area contributed by atoms with Crippen molar-refractivity contribution < 1.29 is 28.3 Å². The van der Waals surface area contributed by atoms with Crippen LogP contribution in [0.25, 0.3) is 11.3 Å². The van der Waals surface area contributed by atoms with Crippen molar-refractivity contribution >= 4 is 17.0 Å². The lowest BCUT2D eigenvalue weighted by molar-refractivity contribution is 0.0519. The number of ether oxygens (including phenoxy) is 3. The van der Waals surface area contributed by atoms with E-state index in [9.17, 15) is 14.1 Å². The van der Waals surface area contributed by atoms with Crippen molar-refractivity contribution in [3.05, 3.63) is 76.5 Å². The number of aromatic nitrogens is 1. The van der Waals surface area contributed by atoms with E-state index in [4.69, 9.17) is 19.2 Å². The van der Waals surface area contributed by atoms with Crippen LogP contribution in [0.2, 0.25) is 0 Å². The van der Waals surface area contributed by atoms with Crippen molar-refractivity contribution in [2.24, 2.45) is 0 Å². The third kappa shape index (κ3) is 6.62. The molecule has 1 aromatic heterocycles. The zero-order valence-electron chi connectivity index (χ0n) is 24.3. The molecule has 0 bridgehead atoms. The van der Waals surface area contributed by atoms with E-state index in [-0.39, 0.29) is 24.9 Å². The summed E-state index contributed by atoms with van der Waals surface area (Å²) in [5.41, 5.74) is 4.75. The Morgan fingerprint density at radius 3 is 2.41 bits per heavy atom. The van der Waals surface area contributed by atoms with Crippen molar-refractivity contribution in [3.63, 3.8) is 0 Å². The summed E-state index contributed by atoms with van der Waals surface area (Å²) >= 11 is 0. The Labute approximate surface area is 244 Å². The van der Waals surface area contributed by atoms with Crippen molar-refractivity contribution in [1.82, 2.24) is 9.29 Å². The Bertz CT molecular complexity index is 1520. The van der Waals surface area contributed by atoms with E-state index in [1.165, 1.54) is 0 Å². The monoisotopic (exact) mass is 576 g/mol. The number of hydrogen-bond acceptors (Lipinski definition) is 7. The molecule has 216 valence electrons. The van der Waals surface area contributed by atoms with Gasteiger partial charge in [-0.3, -0.25) is 0 Å². The number of carbonyl (C=O) groups is 1. The number of methoxy groups -OCH3 is 2. The molecule has 4 rings (SSSR count). The van der Waals surface area contributed by atoms with Crippen LogP contribution in [0, 0.1) is 11.8 Å². The highest BCUT2D eigenvalue weighted by Gasteiger charge is 2.40. The second-order valence-corrected chi connectivity index (χ2v) is 12.7. The highest BCUT2D eigenvalue weighted by Crippen LogP contribution is 2.44. The van der Waals surface area contributed by atoms with Crippen molar-refractivity contribution in [3.8, 4) is 34.6 Å². The van der Waals surface area contributed by atoms with Crippen LogP contribution in [0.4, 0.5) is 0 Å². The fourth-order valence-electron chi connectivity index (χ4n) is 4.80. The highest BCUT2D eigenvalue weighted by molar-refractivity contribution is 7.84. The van der Waals surface area contributed by atoms with Crippen LogP contribution in [0.3, 0.4) is 0 Å². The molecule has 1 aliphatic heterocycles. The van der Waals surface area contributed by atoms with Gasteiger partial charge in [-0.2, -0.15) is 0 Å². The van der Waals surface area contributed by atoms with Crippen LogP contribution >= 0.6 is 0 Å². The van der Waals surface area contributed by atoms with E-state index >= 15 is 0 Å². The van der Waals surface area contributed by atoms with Gasteiger partial charge in [-0.15, -0.1) is 0 Å². The Balaban J connectivity index is 1.82. The topological polar surface area (TPSA) is 98.2 Å². The number of aliphatic hydroxyl groups is 1. The second kappa shape index (κ2) is 12.9. The van der Waals surface area contributed by atoms with E-state index in [1.54, 1.807) is 27.2 Å². The maximum Gasteiger partial charge on any atom is 0.356 e. The molecule has 0 aliphatic carbocycles. The predicted octanol–water partition coefficient (Wildman–Crippen LogP) is 5.04. The maximum atomic E-state index is 13.6. The van der Waals surface area contributed by atoms with E-state index in [1.807, 2.05) is 67.5 Å². The van der Waals surface area contributed by atoms with Gasteiger partial charge in [-0.1, -0.05) is 24.0 Å². The van der Waals surface area contributed by atoms with Crippen LogP contribution in [0.1, 0.15) is 72.9 Å². The lowest BCUT2D eigenvalue weighted by Crippen LogP contribution is -2.36. The molecule has 1 N–H and O–H groups in total. The molecule has 0 saturated carbocycles. The summed E-state index contributed by atoms with van der Waals surface area (Å²) < 4.78 is 30.9. The summed E-state index contributed by atoms with van der Waals surface area (Å²) in [6.45, 7) is 8.02. The number of fused-ring (bicyclic) bond motifs is 1. The zero-order chi connectivity index (χ0) is 29.7. The minimum atomic E-state index is -1.35. The summed E-state index contributed by atoms with van der Waals surface area (Å²) in [5.74, 6) is 7.07. The van der Waals surface area contributed by atoms with E-state index in [0.29, 0.717) is 30.2 Å². The molecule has 3 aromatic rings. The van der Waals surface area contributed by atoms with Crippen molar-refractivity contribution in [2.45, 2.75) is 51.4 Å². The quantitative estimate of drug-likeness (QED) is 0.296. The molecular formula is C32H36N2O6S. The second-order valence-electron chi connectivity index (χ2n) is 10.5. The van der Waals surface area contributed by atoms with Crippen LogP contribution in [0.15, 0.2) is 48.5 Å². The number of nitrogens with zero attached hydrogens (tertiary/aromatic N) is 2. The van der Waals surface area contributed by atoms with Gasteiger partial charge in [0.1, 0.15) is 16.7 Å². The molecule has 0 fully saturated rings. The van der Waals surface area contributed by atoms with Crippen LogP contribution in [-0.2, 0) is 22.3 Å². The molecule has 1 aliphatic rings. The summed E-state index contributed by atoms with van der Waals surface area (Å²) in [5, 5.41) is 9.97. The average Bonchev–Trinajstić information content (AvgIpc) is 3.33. The Morgan fingerprint density at radius 2 is 1.78 bits per heavy atom. The lowest BCUT2D eigenvalue weighted by Gasteiger charge is -2.30. The SMILES string of the molecule is CCOC(=O)c1cc2c(c(-c3cccc(C#Cc4ccc(OC)c(OC)c4)c3)n1)[C@H](CCO)N([S@@](=O)C(C)(C)C)C2. The highest BCUT2D eigenvalue weighted by atomic mass is 32.2. The molecule has 2 aromatic carbocycles. The third-order valence-corrected chi connectivity index (χ3v) is 8.50. The first-order chi connectivity index (χ1) is 19.6. The van der Waals surface area contributed by atoms with Gasteiger partial charge in [0.05, 0.1) is 37.3 Å². The zero-order valence-corrected chi connectivity index (χ0v) is 25.1. The Morgan fingerprint density at radius 1 is 1.07 bits per heavy atom. The smallest absolute Gasteiger partial charge is 0.356 e. The normalized spacial score (nSPS) is 15.4. The number of aliphatic hydroxyl groups excluding tert-OH is 1. The number of carbonyl (C=O) groups excluding carboxylic acids is 1. The van der Waals surface area contributed by atoms with Gasteiger partial charge in [0.15, 0.2) is 11.5 Å². The maximum absolute atomic E-state index is 13.6. The summed E-state index contributed by atoms with van der Waals surface area (Å²) in [4.78, 5) is 17.6. The van der Waals surface area contributed by atoms with Gasteiger partial charge in [-0.05, 0) is 76.1 Å². The summed E-state index contributed by atoms with van der Waals surface area (Å²) in [7, 11) is 1.81. The molecule has 0 saturated heterocycles. The van der Waals surface area contributed by atoms with Crippen molar-refractivity contribution in [1.29, 1.82) is 0 Å². The van der Waals surface area contributed by atoms with Crippen LogP contribution in [0.5, 0.6) is 11.5 Å². The molecule has 0 spiro atoms. The van der Waals surface area contributed by atoms with Gasteiger partial charge < -0.3 is 19.3 Å². The fraction of sp³-hybridized carbons (Fsp3) is 0.375. The molecular weight excluding hydrogens is 540 g/mol. The number of pyridine rings is 1. The lowest BCUT2D eigenvalue weighted by atomic mass is 9.95. The predicted molar refractivity (Wildman–Crippen MR) is 159 cm³/mol. The van der Waals surface area contributed by atoms with E-state index < -0.39 is 21.7 Å². The number of hydrogen-bond donors (Lipinski definition) is 1. The van der Waals surface area contributed by atoms with Crippen molar-refractivity contribution in [2.75, 3.05) is 27.4 Å². The molecule has 0 unspecified atom stereocenters. The Kier molecular flexibility index (Phi) is 9.49. The first-order valence-corrected chi connectivity index (χ1v) is 14.6. The molecule has 41 heavy (non-hydrogen) atoms. The number of esters is 1. The van der Waals surface area contributed by atoms with Crippen LogP contribution < -0.4 is 9.47 Å². The fourth-order valence-corrected chi connectivity index (χ4v) is 6.20. The largest absolute Gasteiger partial charge is 0.493 e. The average molecular weight is 577 g/mol. The molecule has 8 nitrogen and oxygen atoms in total. The van der Waals surface area contributed by atoms with Crippen LogP contribution in [-0.4, -0.2) is 56.8 Å². The standard InChI is InChI=1S/C32H36N2O6S/c1-7-40-31(36)25-19-24-20-34(41(37)32(2,3)4)26(15-16-35)29(24)30(33-25)23-10-8-9-21(17-23)11-12-22-13-14-27(38-5)28(18-22)39-6/h8-10,13-14,17-19,26,35H,7,15-16,20H2,1-6H3/t26-,41-/m0/s1. The first-order valence-electron chi connectivity index (χ1n) is 13.5. The third-order valence-electron chi connectivity index (χ3n) is 6.65. The number of benzene rings is 2. The van der Waals surface area contributed by atoms with Gasteiger partial charge >= 0.3 is 5.97 Å². The molecule has 2 atom stereocenters. The number of rotatable bonds is 8. The molecule has 0 amide bonds. The van der Waals surface area contributed by atoms with E-state index in [2.05, 4.69) is 11.8 Å². The van der Waals surface area contributed by atoms with Gasteiger partial charge in [0.25, 0.3) is 0 Å². The molecule has 2 heterocycles. The van der Waals surface area contributed by atoms with Gasteiger partial charge in [0.2, 0.25) is 0 Å². The van der Waals surface area contributed by atoms with E-state index in [0.717, 1.165) is 27.8 Å². The molecule has 0 radical (unpaired) electrons. The van der Waals surface area contributed by atoms with Gasteiger partial charge in [0, 0.05) is 35.4 Å². The molecule has 9 heteroatoms. The minimum absolute atomic E-state index is 0.0855. The minimum Gasteiger partial charge on any atom is -0.493 e.